The number of nitrogens with zero attached hydrogens (tertiary/aromatic N) is 1. The third-order valence-electron chi connectivity index (χ3n) is 6.11. The third kappa shape index (κ3) is 3.82. The average molecular weight is 447 g/mol. The van der Waals surface area contributed by atoms with Gasteiger partial charge in [0, 0.05) is 17.2 Å². The first kappa shape index (κ1) is 21.1. The van der Waals surface area contributed by atoms with Crippen LogP contribution in [0, 0.1) is 13.8 Å². The Balaban J connectivity index is 1.47. The highest BCUT2D eigenvalue weighted by atomic mass is 16.5. The van der Waals surface area contributed by atoms with Crippen molar-refractivity contribution < 1.29 is 18.7 Å². The average Bonchev–Trinajstić information content (AvgIpc) is 3.17. The lowest BCUT2D eigenvalue weighted by molar-refractivity contribution is -0.118. The van der Waals surface area contributed by atoms with Gasteiger partial charge in [-0.15, -0.1) is 0 Å². The number of hydrogen-bond donors (Lipinski definition) is 2. The fourth-order valence-electron chi connectivity index (χ4n) is 4.17. The van der Waals surface area contributed by atoms with Gasteiger partial charge in [0.25, 0.3) is 5.91 Å². The number of ether oxygens (including phenoxy) is 2. The normalized spacial score (nSPS) is 14.7. The van der Waals surface area contributed by atoms with Gasteiger partial charge in [0.1, 0.15) is 22.7 Å². The Labute approximate surface area is 189 Å². The van der Waals surface area contributed by atoms with Crippen LogP contribution in [0.4, 0.5) is 5.95 Å². The minimum Gasteiger partial charge on any atom is -0.487 e. The molecule has 5 rings (SSSR count). The van der Waals surface area contributed by atoms with Gasteiger partial charge in [-0.05, 0) is 58.2 Å². The number of anilines is 1. The van der Waals surface area contributed by atoms with Crippen LogP contribution in [-0.2, 0) is 11.2 Å². The second kappa shape index (κ2) is 7.65. The number of para-hydroxylation sites is 2. The summed E-state index contributed by atoms with van der Waals surface area (Å²) in [6.45, 7) is 7.36. The van der Waals surface area contributed by atoms with Crippen LogP contribution in [0.5, 0.6) is 11.5 Å². The molecule has 170 valence electrons. The van der Waals surface area contributed by atoms with Gasteiger partial charge in [-0.25, -0.2) is 9.78 Å². The fraction of sp³-hybridized carbons (Fsp3) is 0.320. The van der Waals surface area contributed by atoms with Gasteiger partial charge >= 0.3 is 5.63 Å². The van der Waals surface area contributed by atoms with Crippen molar-refractivity contribution in [2.75, 3.05) is 11.9 Å². The van der Waals surface area contributed by atoms with E-state index in [-0.39, 0.29) is 23.7 Å². The number of carbonyl (C=O) groups excluding carboxylic acids is 1. The van der Waals surface area contributed by atoms with Crippen LogP contribution in [0.25, 0.3) is 22.0 Å². The zero-order chi connectivity index (χ0) is 23.3. The molecule has 0 fully saturated rings. The molecule has 2 aromatic heterocycles. The quantitative estimate of drug-likeness (QED) is 0.449. The first-order valence-electron chi connectivity index (χ1n) is 10.9. The molecule has 33 heavy (non-hydrogen) atoms. The van der Waals surface area contributed by atoms with Gasteiger partial charge < -0.3 is 18.9 Å². The summed E-state index contributed by atoms with van der Waals surface area (Å²) in [4.78, 5) is 32.4. The Bertz CT molecular complexity index is 1430. The summed E-state index contributed by atoms with van der Waals surface area (Å²) in [5, 5.41) is 3.41. The minimum atomic E-state index is -0.383. The number of imidazole rings is 1. The summed E-state index contributed by atoms with van der Waals surface area (Å²) in [5.74, 6) is 1.03. The maximum Gasteiger partial charge on any atom is 0.339 e. The second-order valence-corrected chi connectivity index (χ2v) is 9.00. The molecule has 0 spiro atoms. The number of nitrogens with one attached hydrogen (secondary N) is 2. The van der Waals surface area contributed by atoms with Crippen LogP contribution < -0.4 is 20.4 Å². The van der Waals surface area contributed by atoms with E-state index in [2.05, 4.69) is 15.3 Å². The van der Waals surface area contributed by atoms with Crippen molar-refractivity contribution in [2.24, 2.45) is 0 Å². The van der Waals surface area contributed by atoms with Gasteiger partial charge in [0.15, 0.2) is 6.61 Å². The van der Waals surface area contributed by atoms with Crippen molar-refractivity contribution in [2.45, 2.75) is 46.1 Å². The van der Waals surface area contributed by atoms with Crippen LogP contribution in [0.1, 0.15) is 37.0 Å². The largest absolute Gasteiger partial charge is 0.487 e. The van der Waals surface area contributed by atoms with Crippen LogP contribution >= 0.6 is 0 Å². The standard InChI is InChI=1S/C25H25N3O5/c1-13-14(2)23(30)32-22-15-9-10-25(3,4)33-18(15)11-19(21(13)22)31-12-20(29)28-24-26-16-7-5-6-8-17(16)27-24/h5-8,11H,9-10,12H2,1-4H3,(H2,26,27,28,29). The summed E-state index contributed by atoms with van der Waals surface area (Å²) >= 11 is 0. The molecular formula is C25H25N3O5. The van der Waals surface area contributed by atoms with Gasteiger partial charge in [0.05, 0.1) is 16.4 Å². The Morgan fingerprint density at radius 3 is 2.82 bits per heavy atom. The van der Waals surface area contributed by atoms with Crippen molar-refractivity contribution in [3.63, 3.8) is 0 Å². The van der Waals surface area contributed by atoms with E-state index in [4.69, 9.17) is 13.9 Å². The smallest absolute Gasteiger partial charge is 0.339 e. The molecule has 2 N–H and O–H groups in total. The summed E-state index contributed by atoms with van der Waals surface area (Å²) in [6.07, 6.45) is 1.52. The predicted octanol–water partition coefficient (Wildman–Crippen LogP) is 4.41. The fourth-order valence-corrected chi connectivity index (χ4v) is 4.17. The molecule has 0 saturated heterocycles. The van der Waals surface area contributed by atoms with Gasteiger partial charge in [0.2, 0.25) is 5.95 Å². The van der Waals surface area contributed by atoms with Gasteiger partial charge in [-0.2, -0.15) is 0 Å². The highest BCUT2D eigenvalue weighted by Gasteiger charge is 2.31. The van der Waals surface area contributed by atoms with E-state index in [0.29, 0.717) is 34.0 Å². The topological polar surface area (TPSA) is 106 Å². The number of aromatic nitrogens is 2. The Hall–Kier alpha value is -3.81. The van der Waals surface area contributed by atoms with E-state index < -0.39 is 0 Å². The molecule has 3 heterocycles. The van der Waals surface area contributed by atoms with E-state index in [1.807, 2.05) is 45.0 Å². The number of benzene rings is 2. The molecule has 0 bridgehead atoms. The number of carbonyl (C=O) groups is 1. The Kier molecular flexibility index (Phi) is 4.88. The molecule has 0 atom stereocenters. The number of aromatic amines is 1. The number of aryl methyl sites for hydroxylation is 2. The highest BCUT2D eigenvalue weighted by molar-refractivity contribution is 5.94. The van der Waals surface area contributed by atoms with E-state index in [1.165, 1.54) is 0 Å². The molecule has 0 unspecified atom stereocenters. The first-order valence-corrected chi connectivity index (χ1v) is 10.9. The molecule has 0 saturated carbocycles. The summed E-state index contributed by atoms with van der Waals surface area (Å²) in [5.41, 5.74) is 3.44. The van der Waals surface area contributed by atoms with Crippen molar-refractivity contribution in [1.29, 1.82) is 0 Å². The number of hydrogen-bond acceptors (Lipinski definition) is 6. The Morgan fingerprint density at radius 2 is 2.03 bits per heavy atom. The molecule has 8 heteroatoms. The molecule has 1 aliphatic rings. The van der Waals surface area contributed by atoms with E-state index in [9.17, 15) is 9.59 Å². The number of H-pyrrole nitrogens is 1. The lowest BCUT2D eigenvalue weighted by Gasteiger charge is -2.33. The zero-order valence-electron chi connectivity index (χ0n) is 19.0. The Morgan fingerprint density at radius 1 is 1.24 bits per heavy atom. The second-order valence-electron chi connectivity index (χ2n) is 9.00. The van der Waals surface area contributed by atoms with Crippen molar-refractivity contribution in [1.82, 2.24) is 9.97 Å². The van der Waals surface area contributed by atoms with Gasteiger partial charge in [-0.3, -0.25) is 10.1 Å². The van der Waals surface area contributed by atoms with E-state index in [0.717, 1.165) is 35.0 Å². The van der Waals surface area contributed by atoms with Crippen LogP contribution in [0.3, 0.4) is 0 Å². The molecule has 1 aliphatic heterocycles. The molecular weight excluding hydrogens is 422 g/mol. The van der Waals surface area contributed by atoms with Crippen LogP contribution in [-0.4, -0.2) is 28.1 Å². The van der Waals surface area contributed by atoms with Crippen molar-refractivity contribution >= 4 is 33.9 Å². The lowest BCUT2D eigenvalue weighted by Crippen LogP contribution is -2.32. The zero-order valence-corrected chi connectivity index (χ0v) is 19.0. The summed E-state index contributed by atoms with van der Waals surface area (Å²) in [6, 6.07) is 9.30. The van der Waals surface area contributed by atoms with Crippen molar-refractivity contribution in [3.8, 4) is 11.5 Å². The SMILES string of the molecule is Cc1c(C)c2c(OCC(=O)Nc3nc4ccccc4[nH]3)cc3c(c2oc1=O)CCC(C)(C)O3. The highest BCUT2D eigenvalue weighted by Crippen LogP contribution is 2.43. The van der Waals surface area contributed by atoms with Crippen LogP contribution in [0.15, 0.2) is 39.5 Å². The number of fused-ring (bicyclic) bond motifs is 4. The number of amides is 1. The lowest BCUT2D eigenvalue weighted by atomic mass is 9.92. The first-order chi connectivity index (χ1) is 15.7. The summed E-state index contributed by atoms with van der Waals surface area (Å²) in [7, 11) is 0. The monoisotopic (exact) mass is 447 g/mol. The molecule has 0 aliphatic carbocycles. The van der Waals surface area contributed by atoms with E-state index >= 15 is 0 Å². The predicted molar refractivity (Wildman–Crippen MR) is 125 cm³/mol. The maximum absolute atomic E-state index is 12.6. The van der Waals surface area contributed by atoms with Crippen molar-refractivity contribution in [3.05, 3.63) is 57.4 Å². The number of rotatable bonds is 4. The molecule has 4 aromatic rings. The van der Waals surface area contributed by atoms with Crippen LogP contribution in [0.2, 0.25) is 0 Å². The molecule has 0 radical (unpaired) electrons. The molecule has 1 amide bonds. The van der Waals surface area contributed by atoms with Gasteiger partial charge in [-0.1, -0.05) is 12.1 Å². The maximum atomic E-state index is 12.6. The minimum absolute atomic E-state index is 0.244. The summed E-state index contributed by atoms with van der Waals surface area (Å²) < 4.78 is 17.8. The molecule has 8 nitrogen and oxygen atoms in total. The molecule has 2 aromatic carbocycles. The van der Waals surface area contributed by atoms with E-state index in [1.54, 1.807) is 13.0 Å². The third-order valence-corrected chi connectivity index (χ3v) is 6.11.